The number of nitrogens with one attached hydrogen (secondary N) is 1. The third kappa shape index (κ3) is 6.53. The SMILES string of the molecule is CC(CC(C)(C)C)C(C#N)C(=O)N1C[C@@H](C)C[C@H]1COC(=O)N[C@@H](Cc1ccccc1)B1O[C@@H]2C[C@@H]3C[C@@H](C3(C)C)[C@]2(C)O1. The van der Waals surface area contributed by atoms with Crippen molar-refractivity contribution < 1.29 is 23.6 Å². The van der Waals surface area contributed by atoms with Crippen LogP contribution in [0.1, 0.15) is 86.6 Å². The maximum atomic E-state index is 13.6. The maximum Gasteiger partial charge on any atom is 0.482 e. The average Bonchev–Trinajstić information content (AvgIpc) is 3.50. The first-order valence-electron chi connectivity index (χ1n) is 16.6. The van der Waals surface area contributed by atoms with Crippen LogP contribution < -0.4 is 5.32 Å². The van der Waals surface area contributed by atoms with Gasteiger partial charge in [0.15, 0.2) is 0 Å². The van der Waals surface area contributed by atoms with Gasteiger partial charge in [0, 0.05) is 6.54 Å². The summed E-state index contributed by atoms with van der Waals surface area (Å²) in [5, 5.41) is 13.0. The minimum absolute atomic E-state index is 0.00803. The molecule has 2 saturated heterocycles. The number of nitriles is 1. The number of amides is 2. The Labute approximate surface area is 264 Å². The molecule has 2 bridgehead atoms. The lowest BCUT2D eigenvalue weighted by Crippen LogP contribution is -2.65. The fraction of sp³-hybridized carbons (Fsp3) is 0.743. The number of likely N-dealkylation sites (tertiary alicyclic amines) is 1. The van der Waals surface area contributed by atoms with Gasteiger partial charge in [0.1, 0.15) is 12.5 Å². The van der Waals surface area contributed by atoms with Crippen LogP contribution in [0, 0.1) is 51.8 Å². The summed E-state index contributed by atoms with van der Waals surface area (Å²) in [6.07, 6.45) is 3.64. The number of rotatable bonds is 9. The average molecular weight is 606 g/mol. The Morgan fingerprint density at radius 2 is 1.89 bits per heavy atom. The second-order valence-electron chi connectivity index (χ2n) is 16.2. The maximum absolute atomic E-state index is 13.6. The topological polar surface area (TPSA) is 101 Å². The molecule has 8 nitrogen and oxygen atoms in total. The van der Waals surface area contributed by atoms with Crippen LogP contribution in [-0.2, 0) is 25.3 Å². The number of carbonyl (C=O) groups is 2. The van der Waals surface area contributed by atoms with E-state index >= 15 is 0 Å². The molecule has 2 heterocycles. The highest BCUT2D eigenvalue weighted by molar-refractivity contribution is 6.47. The van der Waals surface area contributed by atoms with Gasteiger partial charge in [-0.1, -0.05) is 78.8 Å². The Bertz CT molecular complexity index is 1240. The molecule has 0 spiro atoms. The molecular weight excluding hydrogens is 553 g/mol. The largest absolute Gasteiger partial charge is 0.482 e. The van der Waals surface area contributed by atoms with Gasteiger partial charge in [-0.05, 0) is 79.1 Å². The van der Waals surface area contributed by atoms with E-state index in [9.17, 15) is 14.9 Å². The summed E-state index contributed by atoms with van der Waals surface area (Å²) in [4.78, 5) is 28.7. The van der Waals surface area contributed by atoms with Crippen LogP contribution in [0.4, 0.5) is 4.79 Å². The van der Waals surface area contributed by atoms with Gasteiger partial charge < -0.3 is 24.3 Å². The van der Waals surface area contributed by atoms with Gasteiger partial charge in [0.25, 0.3) is 0 Å². The first-order valence-corrected chi connectivity index (χ1v) is 16.6. The highest BCUT2D eigenvalue weighted by Crippen LogP contribution is 2.65. The number of carbonyl (C=O) groups excluding carboxylic acids is 2. The molecule has 5 fully saturated rings. The summed E-state index contributed by atoms with van der Waals surface area (Å²) in [7, 11) is -0.585. The smallest absolute Gasteiger partial charge is 0.447 e. The molecule has 3 aliphatic carbocycles. The lowest BCUT2D eigenvalue weighted by atomic mass is 9.43. The van der Waals surface area contributed by atoms with Gasteiger partial charge in [-0.2, -0.15) is 5.26 Å². The molecule has 5 aliphatic rings. The molecule has 9 atom stereocenters. The van der Waals surface area contributed by atoms with Crippen LogP contribution in [0.5, 0.6) is 0 Å². The van der Waals surface area contributed by atoms with E-state index in [1.54, 1.807) is 4.90 Å². The number of ether oxygens (including phenoxy) is 1. The molecule has 2 aliphatic heterocycles. The summed E-state index contributed by atoms with van der Waals surface area (Å²) in [6.45, 7) is 17.9. The minimum atomic E-state index is -0.719. The number of alkyl carbamates (subject to hydrolysis) is 1. The van der Waals surface area contributed by atoms with Crippen LogP contribution in [0.15, 0.2) is 30.3 Å². The fourth-order valence-electron chi connectivity index (χ4n) is 8.79. The number of hydrogen-bond donors (Lipinski definition) is 1. The van der Waals surface area contributed by atoms with E-state index in [0.29, 0.717) is 24.8 Å². The van der Waals surface area contributed by atoms with E-state index in [-0.39, 0.29) is 52.9 Å². The molecule has 0 aromatic heterocycles. The Kier molecular flexibility index (Phi) is 9.19. The number of hydrogen-bond acceptors (Lipinski definition) is 6. The van der Waals surface area contributed by atoms with Gasteiger partial charge in [0.05, 0.1) is 29.8 Å². The van der Waals surface area contributed by atoms with E-state index in [0.717, 1.165) is 31.2 Å². The third-order valence-electron chi connectivity index (χ3n) is 11.1. The second kappa shape index (κ2) is 12.3. The lowest BCUT2D eigenvalue weighted by molar-refractivity contribution is -0.199. The van der Waals surface area contributed by atoms with Crippen molar-refractivity contribution in [3.05, 3.63) is 35.9 Å². The zero-order valence-corrected chi connectivity index (χ0v) is 28.0. The molecule has 9 heteroatoms. The highest BCUT2D eigenvalue weighted by atomic mass is 16.7. The first-order chi connectivity index (χ1) is 20.6. The molecule has 1 aromatic carbocycles. The van der Waals surface area contributed by atoms with Crippen LogP contribution >= 0.6 is 0 Å². The van der Waals surface area contributed by atoms with Gasteiger partial charge in [-0.3, -0.25) is 4.79 Å². The van der Waals surface area contributed by atoms with Crippen LogP contribution in [-0.4, -0.2) is 60.9 Å². The molecule has 2 amide bonds. The number of benzene rings is 1. The van der Waals surface area contributed by atoms with E-state index in [2.05, 4.69) is 59.9 Å². The fourth-order valence-corrected chi connectivity index (χ4v) is 8.79. The minimum Gasteiger partial charge on any atom is -0.447 e. The second-order valence-corrected chi connectivity index (χ2v) is 16.2. The van der Waals surface area contributed by atoms with Gasteiger partial charge in [0.2, 0.25) is 5.91 Å². The van der Waals surface area contributed by atoms with E-state index in [1.807, 2.05) is 37.3 Å². The Morgan fingerprint density at radius 1 is 1.18 bits per heavy atom. The van der Waals surface area contributed by atoms with Gasteiger partial charge in [-0.15, -0.1) is 0 Å². The summed E-state index contributed by atoms with van der Waals surface area (Å²) in [6, 6.07) is 12.1. The normalized spacial score (nSPS) is 32.6. The molecule has 6 rings (SSSR count). The summed E-state index contributed by atoms with van der Waals surface area (Å²) in [5.74, 6) is -0.0643. The van der Waals surface area contributed by atoms with Crippen molar-refractivity contribution in [2.45, 2.75) is 111 Å². The molecule has 1 aromatic rings. The summed E-state index contributed by atoms with van der Waals surface area (Å²) < 4.78 is 19.1. The van der Waals surface area contributed by atoms with Crippen molar-refractivity contribution in [1.29, 1.82) is 5.26 Å². The Morgan fingerprint density at radius 3 is 2.52 bits per heavy atom. The Balaban J connectivity index is 1.24. The number of nitrogens with zero attached hydrogens (tertiary/aromatic N) is 2. The van der Waals surface area contributed by atoms with E-state index in [4.69, 9.17) is 14.0 Å². The highest BCUT2D eigenvalue weighted by Gasteiger charge is 2.68. The summed E-state index contributed by atoms with van der Waals surface area (Å²) in [5.41, 5.74) is 0.929. The molecule has 2 unspecified atom stereocenters. The van der Waals surface area contributed by atoms with Crippen molar-refractivity contribution in [2.24, 2.45) is 40.4 Å². The van der Waals surface area contributed by atoms with Crippen molar-refractivity contribution in [3.8, 4) is 6.07 Å². The third-order valence-corrected chi connectivity index (χ3v) is 11.1. The van der Waals surface area contributed by atoms with Crippen LogP contribution in [0.25, 0.3) is 0 Å². The zero-order valence-electron chi connectivity index (χ0n) is 28.0. The van der Waals surface area contributed by atoms with Gasteiger partial charge in [-0.25, -0.2) is 4.79 Å². The Hall–Kier alpha value is -2.57. The molecule has 3 saturated carbocycles. The lowest BCUT2D eigenvalue weighted by Gasteiger charge is -2.64. The van der Waals surface area contributed by atoms with Gasteiger partial charge >= 0.3 is 13.2 Å². The zero-order chi connectivity index (χ0) is 32.0. The predicted octanol–water partition coefficient (Wildman–Crippen LogP) is 6.04. The summed E-state index contributed by atoms with van der Waals surface area (Å²) >= 11 is 0. The molecule has 1 N–H and O–H groups in total. The molecule has 240 valence electrons. The van der Waals surface area contributed by atoms with Crippen molar-refractivity contribution >= 4 is 19.1 Å². The first kappa shape index (κ1) is 32.8. The quantitative estimate of drug-likeness (QED) is 0.345. The van der Waals surface area contributed by atoms with Crippen LogP contribution in [0.3, 0.4) is 0 Å². The molecule has 0 radical (unpaired) electrons. The standard InChI is InChI=1S/C35H52BN3O5/c1-22-14-26(39(20-22)31(40)27(19-37)23(2)18-33(3,4)5)21-42-32(41)38-30(15-24-12-10-9-11-13-24)36-43-29-17-25-16-28(34(25,6)7)35(29,8)44-36/h9-13,22-23,25-30H,14-18,20-21H2,1-8H3,(H,38,41)/t22-,23?,25-,26-,27?,28-,29+,30-,35-/m0/s1. The van der Waals surface area contributed by atoms with Crippen molar-refractivity contribution in [3.63, 3.8) is 0 Å². The van der Waals surface area contributed by atoms with E-state index < -0.39 is 25.1 Å². The monoisotopic (exact) mass is 605 g/mol. The van der Waals surface area contributed by atoms with Crippen LogP contribution in [0.2, 0.25) is 0 Å². The van der Waals surface area contributed by atoms with E-state index in [1.165, 1.54) is 0 Å². The molecule has 44 heavy (non-hydrogen) atoms. The van der Waals surface area contributed by atoms with Crippen molar-refractivity contribution in [2.75, 3.05) is 13.2 Å². The molecular formula is C35H52BN3O5. The predicted molar refractivity (Wildman–Crippen MR) is 170 cm³/mol. The van der Waals surface area contributed by atoms with Crippen molar-refractivity contribution in [1.82, 2.24) is 10.2 Å².